The number of anilines is 2. The Morgan fingerprint density at radius 3 is 2.74 bits per heavy atom. The van der Waals surface area contributed by atoms with Gasteiger partial charge in [-0.3, -0.25) is 0 Å². The molecule has 1 aliphatic heterocycles. The van der Waals surface area contributed by atoms with Gasteiger partial charge in [0, 0.05) is 26.2 Å². The van der Waals surface area contributed by atoms with Crippen LogP contribution in [0.5, 0.6) is 0 Å². The maximum Gasteiger partial charge on any atom is 0.433 e. The molecule has 8 heteroatoms. The van der Waals surface area contributed by atoms with Crippen LogP contribution in [0.1, 0.15) is 12.6 Å². The normalized spacial score (nSPS) is 20.5. The molecule has 19 heavy (non-hydrogen) atoms. The average Bonchev–Trinajstić information content (AvgIpc) is 2.37. The van der Waals surface area contributed by atoms with Crippen LogP contribution in [0.2, 0.25) is 0 Å². The second kappa shape index (κ2) is 5.20. The van der Waals surface area contributed by atoms with Crippen LogP contribution in [0, 0.1) is 0 Å². The Bertz CT molecular complexity index is 452. The summed E-state index contributed by atoms with van der Waals surface area (Å²) >= 11 is 0. The van der Waals surface area contributed by atoms with Crippen molar-refractivity contribution in [1.82, 2.24) is 9.97 Å². The SMILES string of the molecule is CNc1nc(N2CCOC(C)C2)cc(C(F)(F)F)n1. The molecule has 1 atom stereocenters. The molecule has 0 spiro atoms. The van der Waals surface area contributed by atoms with E-state index in [1.165, 1.54) is 7.05 Å². The van der Waals surface area contributed by atoms with E-state index in [1.807, 2.05) is 6.92 Å². The summed E-state index contributed by atoms with van der Waals surface area (Å²) in [4.78, 5) is 9.27. The highest BCUT2D eigenvalue weighted by Gasteiger charge is 2.34. The fourth-order valence-electron chi connectivity index (χ4n) is 1.88. The van der Waals surface area contributed by atoms with E-state index in [9.17, 15) is 13.2 Å². The van der Waals surface area contributed by atoms with Crippen molar-refractivity contribution in [1.29, 1.82) is 0 Å². The number of halogens is 3. The molecule has 1 unspecified atom stereocenters. The minimum atomic E-state index is -4.48. The van der Waals surface area contributed by atoms with Gasteiger partial charge in [0.2, 0.25) is 5.95 Å². The zero-order chi connectivity index (χ0) is 14.0. The predicted octanol–water partition coefficient (Wildman–Crippen LogP) is 1.76. The molecule has 0 amide bonds. The van der Waals surface area contributed by atoms with Crippen LogP contribution in [0.25, 0.3) is 0 Å². The Kier molecular flexibility index (Phi) is 3.79. The van der Waals surface area contributed by atoms with E-state index < -0.39 is 11.9 Å². The highest BCUT2D eigenvalue weighted by atomic mass is 19.4. The third-order valence-electron chi connectivity index (χ3n) is 2.79. The van der Waals surface area contributed by atoms with Gasteiger partial charge in [-0.15, -0.1) is 0 Å². The van der Waals surface area contributed by atoms with E-state index in [4.69, 9.17) is 4.74 Å². The van der Waals surface area contributed by atoms with Gasteiger partial charge < -0.3 is 15.0 Å². The zero-order valence-electron chi connectivity index (χ0n) is 10.7. The molecule has 2 heterocycles. The van der Waals surface area contributed by atoms with E-state index >= 15 is 0 Å². The van der Waals surface area contributed by atoms with Crippen LogP contribution >= 0.6 is 0 Å². The van der Waals surface area contributed by atoms with Crippen LogP contribution in [-0.2, 0) is 10.9 Å². The van der Waals surface area contributed by atoms with Gasteiger partial charge in [-0.25, -0.2) is 4.98 Å². The molecule has 0 aromatic carbocycles. The first-order chi connectivity index (χ1) is 8.90. The number of aromatic nitrogens is 2. The maximum absolute atomic E-state index is 12.8. The first-order valence-corrected chi connectivity index (χ1v) is 5.90. The Labute approximate surface area is 108 Å². The summed E-state index contributed by atoms with van der Waals surface area (Å²) in [5.74, 6) is 0.228. The molecular weight excluding hydrogens is 261 g/mol. The number of hydrogen-bond acceptors (Lipinski definition) is 5. The molecule has 1 saturated heterocycles. The fraction of sp³-hybridized carbons (Fsp3) is 0.636. The highest BCUT2D eigenvalue weighted by molar-refractivity contribution is 5.45. The number of ether oxygens (including phenoxy) is 1. The lowest BCUT2D eigenvalue weighted by Gasteiger charge is -2.32. The standard InChI is InChI=1S/C11H15F3N4O/c1-7-6-18(3-4-19-7)9-5-8(11(12,13)14)16-10(15-2)17-9/h5,7H,3-4,6H2,1-2H3,(H,15,16,17). The quantitative estimate of drug-likeness (QED) is 0.892. The maximum atomic E-state index is 12.8. The first kappa shape index (κ1) is 13.9. The number of nitrogens with zero attached hydrogens (tertiary/aromatic N) is 3. The van der Waals surface area contributed by atoms with Crippen LogP contribution in [-0.4, -0.2) is 42.8 Å². The molecular formula is C11H15F3N4O. The van der Waals surface area contributed by atoms with Gasteiger partial charge in [0.1, 0.15) is 5.82 Å². The van der Waals surface area contributed by atoms with Gasteiger partial charge in [-0.1, -0.05) is 0 Å². The zero-order valence-corrected chi connectivity index (χ0v) is 10.7. The molecule has 0 saturated carbocycles. The van der Waals surface area contributed by atoms with Gasteiger partial charge >= 0.3 is 6.18 Å². The van der Waals surface area contributed by atoms with Crippen molar-refractivity contribution < 1.29 is 17.9 Å². The topological polar surface area (TPSA) is 50.3 Å². The molecule has 1 aromatic rings. The Hall–Kier alpha value is -1.57. The number of morpholine rings is 1. The average molecular weight is 276 g/mol. The predicted molar refractivity (Wildman–Crippen MR) is 64.2 cm³/mol. The third-order valence-corrected chi connectivity index (χ3v) is 2.79. The van der Waals surface area contributed by atoms with E-state index in [-0.39, 0.29) is 17.9 Å². The van der Waals surface area contributed by atoms with Gasteiger partial charge in [-0.05, 0) is 6.92 Å². The molecule has 1 N–H and O–H groups in total. The minimum absolute atomic E-state index is 0.0314. The van der Waals surface area contributed by atoms with Crippen molar-refractivity contribution in [3.05, 3.63) is 11.8 Å². The molecule has 0 aliphatic carbocycles. The van der Waals surface area contributed by atoms with Crippen LogP contribution in [0.3, 0.4) is 0 Å². The monoisotopic (exact) mass is 276 g/mol. The fourth-order valence-corrected chi connectivity index (χ4v) is 1.88. The summed E-state index contributed by atoms with van der Waals surface area (Å²) in [7, 11) is 1.49. The summed E-state index contributed by atoms with van der Waals surface area (Å²) in [5.41, 5.74) is -0.944. The van der Waals surface area contributed by atoms with Gasteiger partial charge in [0.15, 0.2) is 5.69 Å². The molecule has 1 aromatic heterocycles. The second-order valence-electron chi connectivity index (χ2n) is 4.31. The molecule has 5 nitrogen and oxygen atoms in total. The van der Waals surface area contributed by atoms with Crippen LogP contribution in [0.4, 0.5) is 24.9 Å². The summed E-state index contributed by atoms with van der Waals surface area (Å²) in [6.07, 6.45) is -4.52. The first-order valence-electron chi connectivity index (χ1n) is 5.90. The lowest BCUT2D eigenvalue weighted by molar-refractivity contribution is -0.141. The minimum Gasteiger partial charge on any atom is -0.375 e. The Morgan fingerprint density at radius 2 is 2.16 bits per heavy atom. The molecule has 0 bridgehead atoms. The van der Waals surface area contributed by atoms with Crippen molar-refractivity contribution in [2.75, 3.05) is 37.0 Å². The molecule has 1 aliphatic rings. The van der Waals surface area contributed by atoms with Gasteiger partial charge in [-0.2, -0.15) is 18.2 Å². The molecule has 1 fully saturated rings. The third kappa shape index (κ3) is 3.25. The van der Waals surface area contributed by atoms with Crippen molar-refractivity contribution >= 4 is 11.8 Å². The summed E-state index contributed by atoms with van der Waals surface area (Å²) in [5, 5.41) is 2.55. The lowest BCUT2D eigenvalue weighted by atomic mass is 10.3. The van der Waals surface area contributed by atoms with Crippen LogP contribution < -0.4 is 10.2 Å². The molecule has 2 rings (SSSR count). The summed E-state index contributed by atoms with van der Waals surface area (Å²) in [6.45, 7) is 3.37. The van der Waals surface area contributed by atoms with Crippen molar-refractivity contribution in [2.45, 2.75) is 19.2 Å². The smallest absolute Gasteiger partial charge is 0.375 e. The Balaban J connectivity index is 2.34. The lowest BCUT2D eigenvalue weighted by Crippen LogP contribution is -2.41. The van der Waals surface area contributed by atoms with E-state index in [0.29, 0.717) is 19.7 Å². The van der Waals surface area contributed by atoms with Crippen molar-refractivity contribution in [3.63, 3.8) is 0 Å². The number of rotatable bonds is 2. The largest absolute Gasteiger partial charge is 0.433 e. The summed E-state index contributed by atoms with van der Waals surface area (Å²) in [6, 6.07) is 0.971. The number of alkyl halides is 3. The second-order valence-corrected chi connectivity index (χ2v) is 4.31. The van der Waals surface area contributed by atoms with E-state index in [1.54, 1.807) is 4.90 Å². The van der Waals surface area contributed by atoms with Crippen molar-refractivity contribution in [2.24, 2.45) is 0 Å². The molecule has 106 valence electrons. The van der Waals surface area contributed by atoms with Crippen molar-refractivity contribution in [3.8, 4) is 0 Å². The molecule has 0 radical (unpaired) electrons. The van der Waals surface area contributed by atoms with E-state index in [2.05, 4.69) is 15.3 Å². The van der Waals surface area contributed by atoms with Crippen LogP contribution in [0.15, 0.2) is 6.07 Å². The number of nitrogens with one attached hydrogen (secondary N) is 1. The Morgan fingerprint density at radius 1 is 1.42 bits per heavy atom. The highest BCUT2D eigenvalue weighted by Crippen LogP contribution is 2.30. The van der Waals surface area contributed by atoms with Gasteiger partial charge in [0.05, 0.1) is 12.7 Å². The van der Waals surface area contributed by atoms with Gasteiger partial charge in [0.25, 0.3) is 0 Å². The van der Waals surface area contributed by atoms with E-state index in [0.717, 1.165) is 6.07 Å². The summed E-state index contributed by atoms with van der Waals surface area (Å²) < 4.78 is 43.7. The number of hydrogen-bond donors (Lipinski definition) is 1.